The summed E-state index contributed by atoms with van der Waals surface area (Å²) in [4.78, 5) is 11.2. The molecule has 6 nitrogen and oxygen atoms in total. The van der Waals surface area contributed by atoms with E-state index in [9.17, 15) is 10.1 Å². The lowest BCUT2D eigenvalue weighted by Gasteiger charge is -2.20. The summed E-state index contributed by atoms with van der Waals surface area (Å²) in [7, 11) is 2.98. The predicted molar refractivity (Wildman–Crippen MR) is 112 cm³/mol. The van der Waals surface area contributed by atoms with Crippen molar-refractivity contribution in [1.29, 1.82) is 0 Å². The first-order valence-corrected chi connectivity index (χ1v) is 9.34. The Morgan fingerprint density at radius 3 is 2.10 bits per heavy atom. The van der Waals surface area contributed by atoms with Gasteiger partial charge in [0.15, 0.2) is 11.5 Å². The van der Waals surface area contributed by atoms with Crippen molar-refractivity contribution in [1.82, 2.24) is 5.32 Å². The molecule has 3 aromatic carbocycles. The van der Waals surface area contributed by atoms with Crippen molar-refractivity contribution < 1.29 is 14.4 Å². The third-order valence-corrected chi connectivity index (χ3v) is 4.81. The molecule has 3 rings (SSSR count). The van der Waals surface area contributed by atoms with Gasteiger partial charge < -0.3 is 14.8 Å². The zero-order valence-electron chi connectivity index (χ0n) is 16.5. The van der Waals surface area contributed by atoms with Crippen LogP contribution in [0.1, 0.15) is 22.7 Å². The Hall–Kier alpha value is -3.38. The second kappa shape index (κ2) is 9.71. The Morgan fingerprint density at radius 1 is 0.931 bits per heavy atom. The molecule has 0 aliphatic rings. The number of hydrogen-bond acceptors (Lipinski definition) is 5. The van der Waals surface area contributed by atoms with E-state index in [1.54, 1.807) is 6.07 Å². The SMILES string of the molecule is COc1cc(CN[C@@H](Cc2ccccc2)c2ccccc2)c([N+](=O)[O-])cc1OC. The number of nitro benzene ring substituents is 1. The van der Waals surface area contributed by atoms with Crippen molar-refractivity contribution in [3.63, 3.8) is 0 Å². The summed E-state index contributed by atoms with van der Waals surface area (Å²) in [6.45, 7) is 0.322. The van der Waals surface area contributed by atoms with Crippen LogP contribution >= 0.6 is 0 Å². The Bertz CT molecular complexity index is 946. The molecule has 0 bridgehead atoms. The fourth-order valence-corrected chi connectivity index (χ4v) is 3.30. The number of hydrogen-bond donors (Lipinski definition) is 1. The molecule has 0 saturated heterocycles. The van der Waals surface area contributed by atoms with E-state index in [1.807, 2.05) is 36.4 Å². The van der Waals surface area contributed by atoms with E-state index in [0.29, 0.717) is 23.6 Å². The quantitative estimate of drug-likeness (QED) is 0.423. The van der Waals surface area contributed by atoms with Crippen molar-refractivity contribution in [3.05, 3.63) is 99.6 Å². The van der Waals surface area contributed by atoms with Gasteiger partial charge in [0, 0.05) is 18.2 Å². The van der Waals surface area contributed by atoms with Gasteiger partial charge in [0.25, 0.3) is 5.69 Å². The maximum Gasteiger partial charge on any atom is 0.277 e. The summed E-state index contributed by atoms with van der Waals surface area (Å²) in [5, 5.41) is 15.1. The average Bonchev–Trinajstić information content (AvgIpc) is 2.77. The standard InChI is InChI=1S/C23H24N2O4/c1-28-22-14-19(21(25(26)27)15-23(22)29-2)16-24-20(18-11-7-4-8-12-18)13-17-9-5-3-6-10-17/h3-12,14-15,20,24H,13,16H2,1-2H3/t20-/m0/s1. The molecular formula is C23H24N2O4. The van der Waals surface area contributed by atoms with Crippen LogP contribution in [0.15, 0.2) is 72.8 Å². The molecule has 150 valence electrons. The summed E-state index contributed by atoms with van der Waals surface area (Å²) >= 11 is 0. The first-order valence-electron chi connectivity index (χ1n) is 9.34. The lowest BCUT2D eigenvalue weighted by Crippen LogP contribution is -2.23. The van der Waals surface area contributed by atoms with Gasteiger partial charge in [0.2, 0.25) is 0 Å². The minimum atomic E-state index is -0.395. The van der Waals surface area contributed by atoms with E-state index >= 15 is 0 Å². The van der Waals surface area contributed by atoms with Crippen LogP contribution in [-0.2, 0) is 13.0 Å². The number of nitro groups is 1. The molecule has 0 amide bonds. The van der Waals surface area contributed by atoms with Gasteiger partial charge in [-0.15, -0.1) is 0 Å². The topological polar surface area (TPSA) is 73.6 Å². The van der Waals surface area contributed by atoms with Gasteiger partial charge in [0.05, 0.1) is 25.2 Å². The maximum atomic E-state index is 11.6. The maximum absolute atomic E-state index is 11.6. The van der Waals surface area contributed by atoms with Crippen molar-refractivity contribution in [2.24, 2.45) is 0 Å². The fraction of sp³-hybridized carbons (Fsp3) is 0.217. The summed E-state index contributed by atoms with van der Waals surface area (Å²) in [6.07, 6.45) is 0.770. The van der Waals surface area contributed by atoms with Gasteiger partial charge in [-0.05, 0) is 23.6 Å². The van der Waals surface area contributed by atoms with E-state index in [-0.39, 0.29) is 11.7 Å². The first-order chi connectivity index (χ1) is 14.1. The average molecular weight is 392 g/mol. The highest BCUT2D eigenvalue weighted by atomic mass is 16.6. The van der Waals surface area contributed by atoms with Crippen LogP contribution in [0.25, 0.3) is 0 Å². The molecule has 1 atom stereocenters. The lowest BCUT2D eigenvalue weighted by atomic mass is 9.98. The van der Waals surface area contributed by atoms with E-state index < -0.39 is 4.92 Å². The third kappa shape index (κ3) is 5.12. The van der Waals surface area contributed by atoms with Crippen LogP contribution < -0.4 is 14.8 Å². The highest BCUT2D eigenvalue weighted by molar-refractivity contribution is 5.54. The molecule has 0 fully saturated rings. The van der Waals surface area contributed by atoms with Crippen LogP contribution in [0, 0.1) is 10.1 Å². The van der Waals surface area contributed by atoms with Gasteiger partial charge >= 0.3 is 0 Å². The monoisotopic (exact) mass is 392 g/mol. The van der Waals surface area contributed by atoms with Gasteiger partial charge in [-0.3, -0.25) is 10.1 Å². The third-order valence-electron chi connectivity index (χ3n) is 4.81. The van der Waals surface area contributed by atoms with Gasteiger partial charge in [-0.25, -0.2) is 0 Å². The number of methoxy groups -OCH3 is 2. The normalized spacial score (nSPS) is 11.7. The van der Waals surface area contributed by atoms with E-state index in [1.165, 1.54) is 25.8 Å². The summed E-state index contributed by atoms with van der Waals surface area (Å²) in [5.74, 6) is 0.807. The first kappa shape index (κ1) is 20.4. The van der Waals surface area contributed by atoms with E-state index in [0.717, 1.165) is 12.0 Å². The van der Waals surface area contributed by atoms with Crippen LogP contribution in [0.2, 0.25) is 0 Å². The molecule has 0 radical (unpaired) electrons. The van der Waals surface area contributed by atoms with Gasteiger partial charge in [-0.1, -0.05) is 60.7 Å². The lowest BCUT2D eigenvalue weighted by molar-refractivity contribution is -0.385. The zero-order chi connectivity index (χ0) is 20.6. The van der Waals surface area contributed by atoms with Crippen LogP contribution in [-0.4, -0.2) is 19.1 Å². The molecule has 0 aromatic heterocycles. The molecule has 0 heterocycles. The number of benzene rings is 3. The highest BCUT2D eigenvalue weighted by Gasteiger charge is 2.21. The molecule has 3 aromatic rings. The molecule has 29 heavy (non-hydrogen) atoms. The van der Waals surface area contributed by atoms with E-state index in [4.69, 9.17) is 9.47 Å². The molecule has 0 unspecified atom stereocenters. The molecule has 0 aliphatic heterocycles. The Balaban J connectivity index is 1.88. The minimum Gasteiger partial charge on any atom is -0.493 e. The van der Waals surface area contributed by atoms with Crippen molar-refractivity contribution in [3.8, 4) is 11.5 Å². The molecule has 0 aliphatic carbocycles. The number of nitrogens with zero attached hydrogens (tertiary/aromatic N) is 1. The Morgan fingerprint density at radius 2 is 1.52 bits per heavy atom. The van der Waals surface area contributed by atoms with Gasteiger partial charge in [-0.2, -0.15) is 0 Å². The number of nitrogens with one attached hydrogen (secondary N) is 1. The molecule has 1 N–H and O–H groups in total. The predicted octanol–water partition coefficient (Wildman–Crippen LogP) is 4.69. The van der Waals surface area contributed by atoms with Crippen LogP contribution in [0.3, 0.4) is 0 Å². The smallest absolute Gasteiger partial charge is 0.277 e. The largest absolute Gasteiger partial charge is 0.493 e. The molecular weight excluding hydrogens is 368 g/mol. The molecule has 0 spiro atoms. The molecule has 6 heteroatoms. The van der Waals surface area contributed by atoms with Crippen LogP contribution in [0.5, 0.6) is 11.5 Å². The Kier molecular flexibility index (Phi) is 6.81. The summed E-state index contributed by atoms with van der Waals surface area (Å²) in [5.41, 5.74) is 2.86. The second-order valence-corrected chi connectivity index (χ2v) is 6.63. The highest BCUT2D eigenvalue weighted by Crippen LogP contribution is 2.34. The Labute approximate surface area is 170 Å². The molecule has 0 saturated carbocycles. The fourth-order valence-electron chi connectivity index (χ4n) is 3.30. The zero-order valence-corrected chi connectivity index (χ0v) is 16.5. The van der Waals surface area contributed by atoms with Crippen molar-refractivity contribution in [2.45, 2.75) is 19.0 Å². The number of ether oxygens (including phenoxy) is 2. The van der Waals surface area contributed by atoms with Crippen molar-refractivity contribution >= 4 is 5.69 Å². The summed E-state index contributed by atoms with van der Waals surface area (Å²) in [6, 6.07) is 23.3. The second-order valence-electron chi connectivity index (χ2n) is 6.63. The number of rotatable bonds is 9. The summed E-state index contributed by atoms with van der Waals surface area (Å²) < 4.78 is 10.5. The van der Waals surface area contributed by atoms with Gasteiger partial charge in [0.1, 0.15) is 0 Å². The van der Waals surface area contributed by atoms with Crippen LogP contribution in [0.4, 0.5) is 5.69 Å². The van der Waals surface area contributed by atoms with E-state index in [2.05, 4.69) is 29.6 Å². The van der Waals surface area contributed by atoms with Crippen molar-refractivity contribution in [2.75, 3.05) is 14.2 Å². The minimum absolute atomic E-state index is 0.00155.